The van der Waals surface area contributed by atoms with Crippen molar-refractivity contribution in [2.45, 2.75) is 0 Å². The molecule has 0 aliphatic carbocycles. The molecule has 56 heavy (non-hydrogen) atoms. The number of hydrogen-bond acceptors (Lipinski definition) is 2. The van der Waals surface area contributed by atoms with Crippen molar-refractivity contribution in [1.82, 2.24) is 0 Å². The summed E-state index contributed by atoms with van der Waals surface area (Å²) in [5.74, 6) is 0. The molecule has 0 unspecified atom stereocenters. The number of halogens is 2. The second-order valence-corrected chi connectivity index (χ2v) is 15.9. The highest BCUT2D eigenvalue weighted by atomic mass is 79.9. The highest BCUT2D eigenvalue weighted by molar-refractivity contribution is 9.10. The normalized spacial score (nSPS) is 11.4. The monoisotopic (exact) mass is 844 g/mol. The van der Waals surface area contributed by atoms with Gasteiger partial charge in [0.25, 0.3) is 0 Å². The van der Waals surface area contributed by atoms with E-state index < -0.39 is 0 Å². The largest absolute Gasteiger partial charge is 0.310 e. The Morgan fingerprint density at radius 3 is 1.16 bits per heavy atom. The predicted octanol–water partition coefficient (Wildman–Crippen LogP) is 16.4. The molecule has 0 atom stereocenters. The number of nitrogens with zero attached hydrogens (tertiary/aromatic N) is 2. The lowest BCUT2D eigenvalue weighted by atomic mass is 10.0. The van der Waals surface area contributed by atoms with Crippen LogP contribution in [0.15, 0.2) is 215 Å². The van der Waals surface area contributed by atoms with Crippen molar-refractivity contribution in [2.75, 3.05) is 9.80 Å². The molecule has 0 aliphatic rings. The molecule has 10 aromatic rings. The van der Waals surface area contributed by atoms with E-state index in [1.165, 1.54) is 43.1 Å². The van der Waals surface area contributed by atoms with Crippen LogP contribution in [0.2, 0.25) is 0 Å². The van der Waals surface area contributed by atoms with Crippen molar-refractivity contribution in [1.29, 1.82) is 0 Å². The van der Waals surface area contributed by atoms with Gasteiger partial charge in [0.2, 0.25) is 0 Å². The number of anilines is 6. The van der Waals surface area contributed by atoms with Gasteiger partial charge in [0.05, 0.1) is 17.1 Å². The molecule has 0 amide bonds. The van der Waals surface area contributed by atoms with Crippen molar-refractivity contribution in [3.8, 4) is 11.1 Å². The Labute approximate surface area is 343 Å². The van der Waals surface area contributed by atoms with Crippen molar-refractivity contribution in [3.05, 3.63) is 215 Å². The summed E-state index contributed by atoms with van der Waals surface area (Å²) in [6.45, 7) is 0. The Morgan fingerprint density at radius 1 is 0.268 bits per heavy atom. The van der Waals surface area contributed by atoms with Crippen molar-refractivity contribution >= 4 is 109 Å². The van der Waals surface area contributed by atoms with Crippen LogP contribution < -0.4 is 9.80 Å². The zero-order valence-corrected chi connectivity index (χ0v) is 33.5. The first-order valence-corrected chi connectivity index (χ1v) is 20.3. The lowest BCUT2D eigenvalue weighted by Gasteiger charge is -2.29. The maximum atomic E-state index is 3.96. The highest BCUT2D eigenvalue weighted by Crippen LogP contribution is 2.46. The molecule has 0 heterocycles. The van der Waals surface area contributed by atoms with E-state index in [4.69, 9.17) is 0 Å². The Bertz CT molecular complexity index is 3000. The summed E-state index contributed by atoms with van der Waals surface area (Å²) in [5.41, 5.74) is 8.77. The van der Waals surface area contributed by atoms with E-state index in [0.29, 0.717) is 0 Å². The number of hydrogen-bond donors (Lipinski definition) is 0. The number of rotatable bonds is 7. The average Bonchev–Trinajstić information content (AvgIpc) is 3.24. The second kappa shape index (κ2) is 14.5. The van der Waals surface area contributed by atoms with Crippen LogP contribution in [0.25, 0.3) is 54.2 Å². The van der Waals surface area contributed by atoms with Gasteiger partial charge in [-0.25, -0.2) is 0 Å². The van der Waals surface area contributed by atoms with Crippen molar-refractivity contribution in [2.24, 2.45) is 0 Å². The first-order valence-electron chi connectivity index (χ1n) is 18.7. The van der Waals surface area contributed by atoms with E-state index in [-0.39, 0.29) is 0 Å². The van der Waals surface area contributed by atoms with Crippen LogP contribution in [0.5, 0.6) is 0 Å². The summed E-state index contributed by atoms with van der Waals surface area (Å²) in [4.78, 5) is 4.80. The fourth-order valence-corrected chi connectivity index (χ4v) is 9.06. The quantitative estimate of drug-likeness (QED) is 0.158. The topological polar surface area (TPSA) is 6.48 Å². The molecule has 0 aliphatic heterocycles. The Kier molecular flexibility index (Phi) is 8.86. The summed E-state index contributed by atoms with van der Waals surface area (Å²) in [5, 5.41) is 9.58. The van der Waals surface area contributed by atoms with Crippen LogP contribution in [-0.4, -0.2) is 0 Å². The third-order valence-electron chi connectivity index (χ3n) is 10.6. The molecule has 0 saturated carbocycles. The molecular formula is C52H34Br2N2. The van der Waals surface area contributed by atoms with Crippen LogP contribution in [0.3, 0.4) is 0 Å². The summed E-state index contributed by atoms with van der Waals surface area (Å²) in [6, 6.07) is 74.4. The first kappa shape index (κ1) is 34.3. The summed E-state index contributed by atoms with van der Waals surface area (Å²) in [6.07, 6.45) is 0. The van der Waals surface area contributed by atoms with Crippen LogP contribution in [0, 0.1) is 0 Å². The van der Waals surface area contributed by atoms with Gasteiger partial charge >= 0.3 is 0 Å². The minimum Gasteiger partial charge on any atom is -0.310 e. The van der Waals surface area contributed by atoms with Gasteiger partial charge in [-0.1, -0.05) is 171 Å². The molecular weight excluding hydrogens is 812 g/mol. The summed E-state index contributed by atoms with van der Waals surface area (Å²) >= 11 is 7.92. The highest BCUT2D eigenvalue weighted by Gasteiger charge is 2.21. The summed E-state index contributed by atoms with van der Waals surface area (Å²) in [7, 11) is 0. The first-order chi connectivity index (χ1) is 27.6. The zero-order valence-electron chi connectivity index (χ0n) is 30.3. The van der Waals surface area contributed by atoms with Gasteiger partial charge in [-0.3, -0.25) is 0 Å². The van der Waals surface area contributed by atoms with Crippen molar-refractivity contribution < 1.29 is 0 Å². The van der Waals surface area contributed by atoms with E-state index in [0.717, 1.165) is 54.2 Å². The lowest BCUT2D eigenvalue weighted by Crippen LogP contribution is -2.11. The predicted molar refractivity (Wildman–Crippen MR) is 247 cm³/mol. The summed E-state index contributed by atoms with van der Waals surface area (Å²) < 4.78 is 2.00. The molecule has 0 bridgehead atoms. The minimum atomic E-state index is 0.998. The van der Waals surface area contributed by atoms with Crippen LogP contribution >= 0.6 is 31.9 Å². The third-order valence-corrected chi connectivity index (χ3v) is 11.5. The SMILES string of the molecule is Brc1cc(-c2cc(Br)cc(N(c3cccc4ccccc34)c3cccc4ccccc34)c2)cc(N(c2ccc3ccccc3c2)c2cccc3ccccc23)c1. The van der Waals surface area contributed by atoms with E-state index >= 15 is 0 Å². The zero-order chi connectivity index (χ0) is 37.6. The van der Waals surface area contributed by atoms with Gasteiger partial charge in [-0.15, -0.1) is 0 Å². The van der Waals surface area contributed by atoms with Gasteiger partial charge in [0, 0.05) is 42.2 Å². The Hall–Kier alpha value is -6.20. The fraction of sp³-hybridized carbons (Fsp3) is 0. The van der Waals surface area contributed by atoms with Gasteiger partial charge < -0.3 is 9.80 Å². The van der Waals surface area contributed by atoms with E-state index in [2.05, 4.69) is 248 Å². The Balaban J connectivity index is 1.18. The lowest BCUT2D eigenvalue weighted by molar-refractivity contribution is 1.29. The van der Waals surface area contributed by atoms with Gasteiger partial charge in [-0.05, 0) is 105 Å². The Morgan fingerprint density at radius 2 is 0.661 bits per heavy atom. The second-order valence-electron chi connectivity index (χ2n) is 14.1. The van der Waals surface area contributed by atoms with Gasteiger partial charge in [0.15, 0.2) is 0 Å². The maximum absolute atomic E-state index is 3.96. The molecule has 0 N–H and O–H groups in total. The molecule has 2 nitrogen and oxygen atoms in total. The van der Waals surface area contributed by atoms with Gasteiger partial charge in [0.1, 0.15) is 0 Å². The van der Waals surface area contributed by atoms with E-state index in [1.54, 1.807) is 0 Å². The molecule has 0 aromatic heterocycles. The molecule has 266 valence electrons. The van der Waals surface area contributed by atoms with Gasteiger partial charge in [-0.2, -0.15) is 0 Å². The fourth-order valence-electron chi connectivity index (χ4n) is 8.10. The molecule has 0 radical (unpaired) electrons. The molecule has 4 heteroatoms. The third kappa shape index (κ3) is 6.31. The minimum absolute atomic E-state index is 0.998. The van der Waals surface area contributed by atoms with Crippen LogP contribution in [0.1, 0.15) is 0 Å². The average molecular weight is 847 g/mol. The van der Waals surface area contributed by atoms with Crippen molar-refractivity contribution in [3.63, 3.8) is 0 Å². The van der Waals surface area contributed by atoms with E-state index in [9.17, 15) is 0 Å². The molecule has 0 spiro atoms. The maximum Gasteiger partial charge on any atom is 0.0540 e. The molecule has 10 rings (SSSR count). The smallest absolute Gasteiger partial charge is 0.0540 e. The molecule has 0 saturated heterocycles. The standard InChI is InChI=1S/C52H34Br2N2/c53-42-28-40(31-45(33-42)55(44-27-26-35-12-1-2-16-39(35)30-44)50-23-9-17-36-13-3-6-20-47(36)50)41-29-43(54)34-46(32-41)56(51-24-10-18-37-14-4-7-21-48(37)51)52-25-11-19-38-15-5-8-22-49(38)52/h1-34H. The van der Waals surface area contributed by atoms with E-state index in [1.807, 2.05) is 0 Å². The molecule has 10 aromatic carbocycles. The van der Waals surface area contributed by atoms with Crippen LogP contribution in [-0.2, 0) is 0 Å². The number of benzene rings is 10. The number of fused-ring (bicyclic) bond motifs is 4. The molecule has 0 fully saturated rings. The van der Waals surface area contributed by atoms with Crippen LogP contribution in [0.4, 0.5) is 34.1 Å².